The first-order chi connectivity index (χ1) is 16.1. The number of hydrogen-bond acceptors (Lipinski definition) is 4. The fraction of sp³-hybridized carbons (Fsp3) is 0.444. The minimum Gasteiger partial charge on any atom is -0.469 e. The second kappa shape index (κ2) is 9.27. The zero-order valence-corrected chi connectivity index (χ0v) is 19.2. The molecule has 1 spiro atoms. The Bertz CT molecular complexity index is 1110. The third kappa shape index (κ3) is 4.55. The number of halogens is 1. The summed E-state index contributed by atoms with van der Waals surface area (Å²) in [6, 6.07) is 15.4. The number of H-pyrrole nitrogens is 1. The Morgan fingerprint density at radius 3 is 2.70 bits per heavy atom. The highest BCUT2D eigenvalue weighted by molar-refractivity contribution is 5.83. The Morgan fingerprint density at radius 2 is 1.94 bits per heavy atom. The Balaban J connectivity index is 1.24. The lowest BCUT2D eigenvalue weighted by atomic mass is 9.70. The average molecular weight is 450 g/mol. The van der Waals surface area contributed by atoms with Crippen LogP contribution in [-0.4, -0.2) is 60.6 Å². The number of nitrogens with zero attached hydrogens (tertiary/aromatic N) is 2. The van der Waals surface area contributed by atoms with Gasteiger partial charge < -0.3 is 14.6 Å². The Kier molecular flexibility index (Phi) is 6.21. The molecule has 6 heteroatoms. The predicted octanol–water partition coefficient (Wildman–Crippen LogP) is 4.24. The molecule has 0 bridgehead atoms. The number of aromatic amines is 1. The first-order valence-corrected chi connectivity index (χ1v) is 11.9. The average Bonchev–Trinajstić information content (AvgIpc) is 3.40. The summed E-state index contributed by atoms with van der Waals surface area (Å²) in [6.07, 6.45) is 4.94. The van der Waals surface area contributed by atoms with Crippen LogP contribution >= 0.6 is 0 Å². The molecular weight excluding hydrogens is 417 g/mol. The van der Waals surface area contributed by atoms with Gasteiger partial charge in [0.15, 0.2) is 0 Å². The molecule has 33 heavy (non-hydrogen) atoms. The van der Waals surface area contributed by atoms with Crippen molar-refractivity contribution in [3.63, 3.8) is 0 Å². The highest BCUT2D eigenvalue weighted by atomic mass is 19.1. The van der Waals surface area contributed by atoms with E-state index in [9.17, 15) is 9.18 Å². The van der Waals surface area contributed by atoms with Gasteiger partial charge in [-0.25, -0.2) is 4.39 Å². The van der Waals surface area contributed by atoms with Crippen LogP contribution in [0.2, 0.25) is 0 Å². The van der Waals surface area contributed by atoms with Crippen molar-refractivity contribution in [2.24, 2.45) is 11.3 Å². The molecule has 2 aromatic carbocycles. The Labute approximate surface area is 194 Å². The van der Waals surface area contributed by atoms with E-state index in [-0.39, 0.29) is 23.1 Å². The van der Waals surface area contributed by atoms with E-state index in [0.717, 1.165) is 75.0 Å². The molecule has 5 rings (SSSR count). The van der Waals surface area contributed by atoms with Crippen LogP contribution in [0.1, 0.15) is 24.0 Å². The molecular formula is C27H32FN3O2. The number of methoxy groups -OCH3 is 1. The molecule has 2 saturated heterocycles. The van der Waals surface area contributed by atoms with Gasteiger partial charge >= 0.3 is 5.97 Å². The number of esters is 1. The normalized spacial score (nSPS) is 21.1. The smallest absolute Gasteiger partial charge is 0.310 e. The van der Waals surface area contributed by atoms with E-state index in [0.29, 0.717) is 0 Å². The van der Waals surface area contributed by atoms with Crippen LogP contribution in [0.5, 0.6) is 0 Å². The van der Waals surface area contributed by atoms with E-state index in [1.165, 1.54) is 18.7 Å². The topological polar surface area (TPSA) is 48.6 Å². The maximum absolute atomic E-state index is 13.8. The number of ether oxygens (including phenoxy) is 1. The van der Waals surface area contributed by atoms with Crippen LogP contribution in [0.4, 0.5) is 4.39 Å². The fourth-order valence-corrected chi connectivity index (χ4v) is 5.83. The number of likely N-dealkylation sites (tertiary alicyclic amines) is 2. The van der Waals surface area contributed by atoms with Crippen molar-refractivity contribution in [2.45, 2.75) is 25.8 Å². The number of carbonyl (C=O) groups is 1. The van der Waals surface area contributed by atoms with E-state index in [2.05, 4.69) is 39.0 Å². The van der Waals surface area contributed by atoms with Crippen molar-refractivity contribution < 1.29 is 13.9 Å². The molecule has 3 heterocycles. The van der Waals surface area contributed by atoms with E-state index in [1.807, 2.05) is 12.3 Å². The summed E-state index contributed by atoms with van der Waals surface area (Å²) < 4.78 is 19.0. The molecule has 1 N–H and O–H groups in total. The zero-order chi connectivity index (χ0) is 22.8. The monoisotopic (exact) mass is 449 g/mol. The SMILES string of the molecule is COC(=O)C1CN(CCc2ccccc2)CC12CCN(Cc1c[nH]c3ccc(F)cc13)CC2. The summed E-state index contributed by atoms with van der Waals surface area (Å²) in [6.45, 7) is 5.35. The minimum absolute atomic E-state index is 0.0212. The van der Waals surface area contributed by atoms with Gasteiger partial charge in [0.05, 0.1) is 13.0 Å². The van der Waals surface area contributed by atoms with Crippen molar-refractivity contribution in [3.8, 4) is 0 Å². The Morgan fingerprint density at radius 1 is 1.15 bits per heavy atom. The summed E-state index contributed by atoms with van der Waals surface area (Å²) in [4.78, 5) is 20.9. The first-order valence-electron chi connectivity index (χ1n) is 11.9. The quantitative estimate of drug-likeness (QED) is 0.572. The van der Waals surface area contributed by atoms with Gasteiger partial charge in [0.25, 0.3) is 0 Å². The summed E-state index contributed by atoms with van der Waals surface area (Å²) in [5.41, 5.74) is 3.40. The number of nitrogens with one attached hydrogen (secondary N) is 1. The fourth-order valence-electron chi connectivity index (χ4n) is 5.83. The van der Waals surface area contributed by atoms with Crippen LogP contribution in [0.3, 0.4) is 0 Å². The van der Waals surface area contributed by atoms with Crippen molar-refractivity contribution in [2.75, 3.05) is 39.8 Å². The van der Waals surface area contributed by atoms with E-state index >= 15 is 0 Å². The maximum Gasteiger partial charge on any atom is 0.310 e. The molecule has 1 aromatic heterocycles. The van der Waals surface area contributed by atoms with E-state index in [1.54, 1.807) is 12.1 Å². The summed E-state index contributed by atoms with van der Waals surface area (Å²) in [5.74, 6) is -0.344. The van der Waals surface area contributed by atoms with E-state index in [4.69, 9.17) is 4.74 Å². The third-order valence-electron chi connectivity index (χ3n) is 7.74. The molecule has 3 aromatic rings. The second-order valence-corrected chi connectivity index (χ2v) is 9.69. The maximum atomic E-state index is 13.8. The molecule has 1 atom stereocenters. The number of fused-ring (bicyclic) bond motifs is 1. The van der Waals surface area contributed by atoms with Gasteiger partial charge in [-0.2, -0.15) is 0 Å². The molecule has 174 valence electrons. The van der Waals surface area contributed by atoms with Gasteiger partial charge in [-0.3, -0.25) is 9.69 Å². The number of rotatable bonds is 6. The molecule has 0 aliphatic carbocycles. The first kappa shape index (κ1) is 22.1. The number of aromatic nitrogens is 1. The van der Waals surface area contributed by atoms with Gasteiger partial charge in [-0.15, -0.1) is 0 Å². The highest BCUT2D eigenvalue weighted by Crippen LogP contribution is 2.45. The summed E-state index contributed by atoms with van der Waals surface area (Å²) >= 11 is 0. The standard InChI is InChI=1S/C27H32FN3O2/c1-33-26(32)24-18-31(12-9-20-5-3-2-4-6-20)19-27(24)10-13-30(14-11-27)17-21-16-29-25-8-7-22(28)15-23(21)25/h2-8,15-16,24,29H,9-14,17-19H2,1H3. The van der Waals surface area contributed by atoms with Crippen LogP contribution in [0.15, 0.2) is 54.7 Å². The highest BCUT2D eigenvalue weighted by Gasteiger charge is 2.51. The largest absolute Gasteiger partial charge is 0.469 e. The molecule has 0 amide bonds. The van der Waals surface area contributed by atoms with E-state index < -0.39 is 0 Å². The van der Waals surface area contributed by atoms with Gasteiger partial charge in [0.2, 0.25) is 0 Å². The van der Waals surface area contributed by atoms with Crippen molar-refractivity contribution in [1.82, 2.24) is 14.8 Å². The van der Waals surface area contributed by atoms with Gasteiger partial charge in [0, 0.05) is 48.7 Å². The number of piperidine rings is 1. The van der Waals surface area contributed by atoms with Gasteiger partial charge in [-0.1, -0.05) is 30.3 Å². The molecule has 2 fully saturated rings. The minimum atomic E-state index is -0.205. The lowest BCUT2D eigenvalue weighted by molar-refractivity contribution is -0.149. The van der Waals surface area contributed by atoms with Crippen molar-refractivity contribution >= 4 is 16.9 Å². The summed E-state index contributed by atoms with van der Waals surface area (Å²) in [5, 5.41) is 0.954. The molecule has 2 aliphatic rings. The number of benzene rings is 2. The van der Waals surface area contributed by atoms with Gasteiger partial charge in [-0.05, 0) is 61.7 Å². The molecule has 5 nitrogen and oxygen atoms in total. The van der Waals surface area contributed by atoms with Crippen molar-refractivity contribution in [1.29, 1.82) is 0 Å². The predicted molar refractivity (Wildman–Crippen MR) is 127 cm³/mol. The second-order valence-electron chi connectivity index (χ2n) is 9.69. The molecule has 0 radical (unpaired) electrons. The number of hydrogen-bond donors (Lipinski definition) is 1. The number of carbonyl (C=O) groups excluding carboxylic acids is 1. The van der Waals surface area contributed by atoms with Crippen molar-refractivity contribution in [3.05, 3.63) is 71.7 Å². The lowest BCUT2D eigenvalue weighted by Gasteiger charge is -2.41. The van der Waals surface area contributed by atoms with Crippen LogP contribution in [-0.2, 0) is 22.5 Å². The Hall–Kier alpha value is -2.70. The lowest BCUT2D eigenvalue weighted by Crippen LogP contribution is -2.46. The summed E-state index contributed by atoms with van der Waals surface area (Å²) in [7, 11) is 1.51. The molecule has 1 unspecified atom stereocenters. The molecule has 0 saturated carbocycles. The van der Waals surface area contributed by atoms with Crippen LogP contribution < -0.4 is 0 Å². The van der Waals surface area contributed by atoms with Crippen LogP contribution in [0, 0.1) is 17.2 Å². The van der Waals surface area contributed by atoms with Gasteiger partial charge in [0.1, 0.15) is 5.82 Å². The zero-order valence-electron chi connectivity index (χ0n) is 19.2. The van der Waals surface area contributed by atoms with Crippen LogP contribution in [0.25, 0.3) is 10.9 Å². The third-order valence-corrected chi connectivity index (χ3v) is 7.74. The molecule has 2 aliphatic heterocycles.